The summed E-state index contributed by atoms with van der Waals surface area (Å²) in [6.45, 7) is 10.0. The number of aromatic nitrogens is 3. The smallest absolute Gasteiger partial charge is 0.276 e. The summed E-state index contributed by atoms with van der Waals surface area (Å²) >= 11 is 12.7. The first kappa shape index (κ1) is 31.8. The molecule has 4 heterocycles. The van der Waals surface area contributed by atoms with E-state index in [1.807, 2.05) is 19.9 Å². The number of pyridine rings is 3. The molecule has 2 N–H and O–H groups in total. The number of halogens is 5. The highest BCUT2D eigenvalue weighted by Crippen LogP contribution is 2.42. The van der Waals surface area contributed by atoms with E-state index in [2.05, 4.69) is 16.5 Å². The van der Waals surface area contributed by atoms with Crippen LogP contribution in [0.1, 0.15) is 36.6 Å². The second-order valence-corrected chi connectivity index (χ2v) is 11.5. The van der Waals surface area contributed by atoms with Crippen LogP contribution in [0.5, 0.6) is 0 Å². The van der Waals surface area contributed by atoms with E-state index in [0.717, 1.165) is 0 Å². The van der Waals surface area contributed by atoms with E-state index >= 15 is 4.39 Å². The molecule has 5 rings (SSSR count). The molecule has 0 aliphatic carbocycles. The van der Waals surface area contributed by atoms with Gasteiger partial charge in [-0.1, -0.05) is 43.6 Å². The highest BCUT2D eigenvalue weighted by atomic mass is 35.5. The molecule has 1 saturated heterocycles. The van der Waals surface area contributed by atoms with E-state index in [1.54, 1.807) is 29.0 Å². The minimum atomic E-state index is -1.67. The second kappa shape index (κ2) is 12.1. The Morgan fingerprint density at radius 2 is 1.80 bits per heavy atom. The number of nitriles is 1. The van der Waals surface area contributed by atoms with Gasteiger partial charge in [0.1, 0.15) is 23.0 Å². The van der Waals surface area contributed by atoms with Crippen molar-refractivity contribution >= 4 is 51.5 Å². The molecule has 232 valence electrons. The Labute approximate surface area is 265 Å². The molecule has 9 nitrogen and oxygen atoms in total. The van der Waals surface area contributed by atoms with E-state index in [0.29, 0.717) is 16.9 Å². The lowest BCUT2D eigenvalue weighted by molar-refractivity contribution is -0.126. The van der Waals surface area contributed by atoms with Crippen LogP contribution in [0.3, 0.4) is 0 Å². The highest BCUT2D eigenvalue weighted by Gasteiger charge is 2.31. The molecular formula is C31H26Cl2F3N7O2. The predicted molar refractivity (Wildman–Crippen MR) is 167 cm³/mol. The first-order valence-electron chi connectivity index (χ1n) is 13.8. The molecule has 45 heavy (non-hydrogen) atoms. The number of aryl methyl sites for hydroxylation is 1. The Kier molecular flexibility index (Phi) is 8.53. The molecule has 0 atom stereocenters. The average molecular weight is 656 g/mol. The number of carbonyl (C=O) groups excluding carboxylic acids is 1. The van der Waals surface area contributed by atoms with Gasteiger partial charge in [0.2, 0.25) is 5.91 Å². The van der Waals surface area contributed by atoms with Crippen LogP contribution >= 0.6 is 23.2 Å². The van der Waals surface area contributed by atoms with Gasteiger partial charge in [-0.15, -0.1) is 0 Å². The Hall–Kier alpha value is -4.60. The number of amides is 1. The molecule has 0 spiro atoms. The van der Waals surface area contributed by atoms with Crippen LogP contribution in [0.4, 0.5) is 24.5 Å². The summed E-state index contributed by atoms with van der Waals surface area (Å²) < 4.78 is 45.6. The van der Waals surface area contributed by atoms with Gasteiger partial charge >= 0.3 is 0 Å². The van der Waals surface area contributed by atoms with Crippen molar-refractivity contribution in [3.63, 3.8) is 0 Å². The zero-order valence-electron chi connectivity index (χ0n) is 24.4. The molecule has 0 radical (unpaired) electrons. The average Bonchev–Trinajstić information content (AvgIpc) is 3.02. The quantitative estimate of drug-likeness (QED) is 0.123. The number of fused-ring (bicyclic) bond motifs is 1. The number of hydrogen-bond acceptors (Lipinski definition) is 7. The van der Waals surface area contributed by atoms with Crippen LogP contribution in [0.2, 0.25) is 10.0 Å². The zero-order valence-corrected chi connectivity index (χ0v) is 25.9. The first-order chi connectivity index (χ1) is 21.3. The number of hydrogen-bond donors (Lipinski definition) is 1. The maximum atomic E-state index is 15.4. The number of nitrogens with zero attached hydrogens (tertiary/aromatic N) is 6. The molecule has 0 saturated carbocycles. The Bertz CT molecular complexity index is 1990. The Balaban J connectivity index is 1.93. The predicted octanol–water partition coefficient (Wildman–Crippen LogP) is 5.89. The third kappa shape index (κ3) is 5.15. The molecular weight excluding hydrogens is 630 g/mol. The molecule has 1 aliphatic rings. The lowest BCUT2D eigenvalue weighted by atomic mass is 10.0. The number of anilines is 2. The number of carbonyl (C=O) groups is 1. The van der Waals surface area contributed by atoms with Gasteiger partial charge in [-0.2, -0.15) is 5.26 Å². The van der Waals surface area contributed by atoms with E-state index in [9.17, 15) is 23.6 Å². The number of nitrogen functional groups attached to an aromatic ring is 1. The molecule has 3 aromatic heterocycles. The maximum absolute atomic E-state index is 15.4. The Morgan fingerprint density at radius 3 is 2.40 bits per heavy atom. The summed E-state index contributed by atoms with van der Waals surface area (Å²) in [5.74, 6) is -5.11. The second-order valence-electron chi connectivity index (χ2n) is 10.7. The number of nitrogens with two attached hydrogens (primary N) is 1. The van der Waals surface area contributed by atoms with Crippen LogP contribution < -0.4 is 16.2 Å². The van der Waals surface area contributed by atoms with E-state index in [1.165, 1.54) is 16.7 Å². The van der Waals surface area contributed by atoms with Gasteiger partial charge in [0.15, 0.2) is 17.5 Å². The van der Waals surface area contributed by atoms with Crippen molar-refractivity contribution in [2.75, 3.05) is 36.8 Å². The molecule has 1 aromatic carbocycles. The fourth-order valence-electron chi connectivity index (χ4n) is 5.50. The summed E-state index contributed by atoms with van der Waals surface area (Å²) in [7, 11) is 0. The van der Waals surface area contributed by atoms with Crippen LogP contribution in [0.15, 0.2) is 35.8 Å². The molecule has 1 aliphatic heterocycles. The minimum absolute atomic E-state index is 0.0743. The monoisotopic (exact) mass is 655 g/mol. The van der Waals surface area contributed by atoms with Crippen molar-refractivity contribution in [2.24, 2.45) is 0 Å². The van der Waals surface area contributed by atoms with Crippen molar-refractivity contribution in [2.45, 2.75) is 26.7 Å². The number of benzene rings is 1. The number of rotatable bonds is 5. The lowest BCUT2D eigenvalue weighted by Gasteiger charge is -2.36. The third-order valence-electron chi connectivity index (χ3n) is 7.73. The van der Waals surface area contributed by atoms with Crippen molar-refractivity contribution in [1.82, 2.24) is 19.4 Å². The van der Waals surface area contributed by atoms with Gasteiger partial charge < -0.3 is 15.5 Å². The normalized spacial score (nSPS) is 13.4. The van der Waals surface area contributed by atoms with Crippen molar-refractivity contribution in [1.29, 1.82) is 5.26 Å². The topological polar surface area (TPSA) is 121 Å². The van der Waals surface area contributed by atoms with Crippen LogP contribution in [-0.4, -0.2) is 51.5 Å². The summed E-state index contributed by atoms with van der Waals surface area (Å²) in [4.78, 5) is 38.9. The molecule has 0 unspecified atom stereocenters. The largest absolute Gasteiger partial charge is 0.394 e. The molecule has 4 aromatic rings. The lowest BCUT2D eigenvalue weighted by Crippen LogP contribution is -2.49. The van der Waals surface area contributed by atoms with Crippen molar-refractivity contribution in [3.05, 3.63) is 85.7 Å². The summed E-state index contributed by atoms with van der Waals surface area (Å²) in [5.41, 5.74) is 3.89. The van der Waals surface area contributed by atoms with Crippen molar-refractivity contribution < 1.29 is 18.0 Å². The minimum Gasteiger partial charge on any atom is -0.394 e. The Morgan fingerprint density at radius 1 is 1.13 bits per heavy atom. The third-order valence-corrected chi connectivity index (χ3v) is 8.37. The van der Waals surface area contributed by atoms with E-state index < -0.39 is 45.0 Å². The van der Waals surface area contributed by atoms with Gasteiger partial charge in [-0.25, -0.2) is 18.2 Å². The SMILES string of the molecule is C=CC(=O)N1CCN(c2c(C#N)c(=O)n(-c3c(C)ccnc3C(C)C)c3nc(-c4c(F)c(N)c(F)c(F)c4Cl)c(Cl)cc23)CC1. The fraction of sp³-hybridized carbons (Fsp3) is 0.258. The first-order valence-corrected chi connectivity index (χ1v) is 14.5. The standard InChI is InChI=1S/C31H26Cl2F3N7O2/c1-5-19(44)41-8-10-42(11-9-41)29-16-12-18(32)27(20-21(33)23(35)24(36)25(38)22(20)34)40-30(16)43(31(45)17(29)13-37)28-15(4)6-7-39-26(28)14(2)3/h5-7,12,14H,1,8-11,38H2,2-4H3. The fourth-order valence-corrected chi connectivity index (χ4v) is 6.01. The molecule has 1 fully saturated rings. The summed E-state index contributed by atoms with van der Waals surface area (Å²) in [6, 6.07) is 5.07. The van der Waals surface area contributed by atoms with Gasteiger partial charge in [0.05, 0.1) is 38.4 Å². The zero-order chi connectivity index (χ0) is 32.9. The van der Waals surface area contributed by atoms with Crippen LogP contribution in [0.25, 0.3) is 28.0 Å². The van der Waals surface area contributed by atoms with Gasteiger partial charge in [-0.05, 0) is 36.6 Å². The van der Waals surface area contributed by atoms with Gasteiger partial charge in [0, 0.05) is 37.8 Å². The van der Waals surface area contributed by atoms with Crippen molar-refractivity contribution in [3.8, 4) is 23.0 Å². The van der Waals surface area contributed by atoms with Gasteiger partial charge in [-0.3, -0.25) is 19.1 Å². The van der Waals surface area contributed by atoms with Gasteiger partial charge in [0.25, 0.3) is 5.56 Å². The highest BCUT2D eigenvalue weighted by molar-refractivity contribution is 6.37. The molecule has 1 amide bonds. The maximum Gasteiger partial charge on any atom is 0.276 e. The molecule has 14 heteroatoms. The summed E-state index contributed by atoms with van der Waals surface area (Å²) in [5, 5.41) is 9.40. The van der Waals surface area contributed by atoms with E-state index in [4.69, 9.17) is 28.9 Å². The molecule has 0 bridgehead atoms. The number of piperazine rings is 1. The van der Waals surface area contributed by atoms with Crippen LogP contribution in [-0.2, 0) is 4.79 Å². The van der Waals surface area contributed by atoms with E-state index in [-0.39, 0.29) is 65.3 Å². The summed E-state index contributed by atoms with van der Waals surface area (Å²) in [6.07, 6.45) is 2.79. The van der Waals surface area contributed by atoms with Crippen LogP contribution in [0, 0.1) is 35.7 Å².